The molecular weight excluding hydrogens is 369 g/mol. The molecule has 1 aromatic carbocycles. The number of benzene rings is 1. The first-order valence-electron chi connectivity index (χ1n) is 9.41. The summed E-state index contributed by atoms with van der Waals surface area (Å²) in [5.41, 5.74) is 0.891. The van der Waals surface area contributed by atoms with Gasteiger partial charge in [0.1, 0.15) is 0 Å². The van der Waals surface area contributed by atoms with Crippen LogP contribution in [0.4, 0.5) is 13.2 Å². The Balaban J connectivity index is 1.53. The maximum atomic E-state index is 12.7. The molecule has 1 heterocycles. The third kappa shape index (κ3) is 5.03. The molecule has 0 saturated heterocycles. The second kappa shape index (κ2) is 8.63. The molecule has 0 radical (unpaired) electrons. The Morgan fingerprint density at radius 1 is 1.25 bits per heavy atom. The van der Waals surface area contributed by atoms with Gasteiger partial charge in [0.2, 0.25) is 11.8 Å². The third-order valence-corrected chi connectivity index (χ3v) is 4.83. The van der Waals surface area contributed by atoms with Crippen LogP contribution < -0.4 is 10.1 Å². The molecule has 3 rings (SSSR count). The first-order chi connectivity index (χ1) is 13.4. The number of hydrogen-bond donors (Lipinski definition) is 1. The maximum Gasteiger partial charge on any atom is 0.416 e. The van der Waals surface area contributed by atoms with Crippen LogP contribution in [-0.2, 0) is 17.5 Å². The van der Waals surface area contributed by atoms with Crippen molar-refractivity contribution in [2.24, 2.45) is 5.92 Å². The first kappa shape index (κ1) is 20.2. The number of nitrogens with zero attached hydrogens (tertiary/aromatic N) is 1. The molecule has 1 aliphatic rings. The minimum Gasteiger partial charge on any atom is -0.477 e. The largest absolute Gasteiger partial charge is 0.477 e. The van der Waals surface area contributed by atoms with E-state index in [9.17, 15) is 18.0 Å². The van der Waals surface area contributed by atoms with E-state index in [0.29, 0.717) is 25.5 Å². The van der Waals surface area contributed by atoms with Gasteiger partial charge in [-0.3, -0.25) is 4.79 Å². The molecule has 1 N–H and O–H groups in total. The van der Waals surface area contributed by atoms with Gasteiger partial charge < -0.3 is 10.1 Å². The molecule has 0 aliphatic heterocycles. The molecule has 28 heavy (non-hydrogen) atoms. The van der Waals surface area contributed by atoms with Gasteiger partial charge in [-0.25, -0.2) is 4.98 Å². The van der Waals surface area contributed by atoms with E-state index in [1.54, 1.807) is 12.3 Å². The van der Waals surface area contributed by atoms with Crippen LogP contribution in [0.3, 0.4) is 0 Å². The van der Waals surface area contributed by atoms with Gasteiger partial charge in [0.05, 0.1) is 12.2 Å². The second-order valence-electron chi connectivity index (χ2n) is 6.96. The molecule has 7 heteroatoms. The minimum absolute atomic E-state index is 0.0311. The van der Waals surface area contributed by atoms with Gasteiger partial charge in [0.15, 0.2) is 0 Å². The van der Waals surface area contributed by atoms with Gasteiger partial charge in [0.25, 0.3) is 0 Å². The van der Waals surface area contributed by atoms with Gasteiger partial charge in [-0.05, 0) is 42.5 Å². The summed E-state index contributed by atoms with van der Waals surface area (Å²) in [5.74, 6) is 0.175. The summed E-state index contributed by atoms with van der Waals surface area (Å²) in [7, 11) is 0. The Morgan fingerprint density at radius 2 is 2.00 bits per heavy atom. The average Bonchev–Trinajstić information content (AvgIpc) is 3.47. The summed E-state index contributed by atoms with van der Waals surface area (Å²) in [6.45, 7) is 2.96. The molecule has 2 aromatic rings. The quantitative estimate of drug-likeness (QED) is 0.663. The SMILES string of the molecule is CCCCOc1ncccc1CNC(=O)C1CC1c1ccc(C(F)(F)F)cc1. The number of alkyl halides is 3. The van der Waals surface area contributed by atoms with Crippen molar-refractivity contribution in [3.8, 4) is 5.88 Å². The highest BCUT2D eigenvalue weighted by Gasteiger charge is 2.44. The average molecular weight is 392 g/mol. The van der Waals surface area contributed by atoms with Crippen molar-refractivity contribution in [1.82, 2.24) is 10.3 Å². The lowest BCUT2D eigenvalue weighted by atomic mass is 10.1. The highest BCUT2D eigenvalue weighted by molar-refractivity contribution is 5.82. The number of pyridine rings is 1. The van der Waals surface area contributed by atoms with Gasteiger partial charge in [-0.15, -0.1) is 0 Å². The van der Waals surface area contributed by atoms with Crippen molar-refractivity contribution in [3.63, 3.8) is 0 Å². The molecule has 0 bridgehead atoms. The predicted octanol–water partition coefficient (Wildman–Crippen LogP) is 4.70. The van der Waals surface area contributed by atoms with Crippen molar-refractivity contribution in [3.05, 3.63) is 59.3 Å². The van der Waals surface area contributed by atoms with Gasteiger partial charge >= 0.3 is 6.18 Å². The predicted molar refractivity (Wildman–Crippen MR) is 98.8 cm³/mol. The summed E-state index contributed by atoms with van der Waals surface area (Å²) < 4.78 is 43.6. The summed E-state index contributed by atoms with van der Waals surface area (Å²) in [6, 6.07) is 8.70. The van der Waals surface area contributed by atoms with Crippen LogP contribution in [-0.4, -0.2) is 17.5 Å². The zero-order chi connectivity index (χ0) is 20.1. The van der Waals surface area contributed by atoms with Crippen LogP contribution in [0.15, 0.2) is 42.6 Å². The number of carbonyl (C=O) groups excluding carboxylic acids is 1. The number of aromatic nitrogens is 1. The summed E-state index contributed by atoms with van der Waals surface area (Å²) in [6.07, 6.45) is -0.108. The fraction of sp³-hybridized carbons (Fsp3) is 0.429. The number of ether oxygens (including phenoxy) is 1. The van der Waals surface area contributed by atoms with Crippen LogP contribution in [0.25, 0.3) is 0 Å². The molecule has 1 aliphatic carbocycles. The fourth-order valence-electron chi connectivity index (χ4n) is 3.09. The molecule has 1 amide bonds. The Labute approximate surface area is 162 Å². The van der Waals surface area contributed by atoms with Crippen molar-refractivity contribution in [2.75, 3.05) is 6.61 Å². The van der Waals surface area contributed by atoms with E-state index < -0.39 is 11.7 Å². The van der Waals surface area contributed by atoms with Gasteiger partial charge in [-0.1, -0.05) is 31.5 Å². The standard InChI is InChI=1S/C21H23F3N2O2/c1-2-3-11-28-20-15(5-4-10-25-20)13-26-19(27)18-12-17(18)14-6-8-16(9-7-14)21(22,23)24/h4-10,17-18H,2-3,11-13H2,1H3,(H,26,27). The molecule has 150 valence electrons. The van der Waals surface area contributed by atoms with E-state index in [1.807, 2.05) is 6.07 Å². The van der Waals surface area contributed by atoms with Crippen LogP contribution in [0.5, 0.6) is 5.88 Å². The van der Waals surface area contributed by atoms with Crippen LogP contribution in [0, 0.1) is 5.92 Å². The van der Waals surface area contributed by atoms with Crippen LogP contribution in [0.1, 0.15) is 48.8 Å². The van der Waals surface area contributed by atoms with E-state index in [1.165, 1.54) is 12.1 Å². The number of carbonyl (C=O) groups is 1. The number of rotatable bonds is 8. The number of unbranched alkanes of at least 4 members (excludes halogenated alkanes) is 1. The highest BCUT2D eigenvalue weighted by Crippen LogP contribution is 2.48. The summed E-state index contributed by atoms with van der Waals surface area (Å²) >= 11 is 0. The minimum atomic E-state index is -4.35. The first-order valence-corrected chi connectivity index (χ1v) is 9.41. The van der Waals surface area contributed by atoms with Gasteiger partial charge in [-0.2, -0.15) is 13.2 Å². The van der Waals surface area contributed by atoms with Crippen molar-refractivity contribution in [1.29, 1.82) is 0 Å². The number of nitrogens with one attached hydrogen (secondary N) is 1. The van der Waals surface area contributed by atoms with Crippen LogP contribution >= 0.6 is 0 Å². The summed E-state index contributed by atoms with van der Waals surface area (Å²) in [5, 5.41) is 2.89. The topological polar surface area (TPSA) is 51.2 Å². The van der Waals surface area contributed by atoms with Crippen molar-refractivity contribution >= 4 is 5.91 Å². The van der Waals surface area contributed by atoms with Crippen molar-refractivity contribution < 1.29 is 22.7 Å². The monoisotopic (exact) mass is 392 g/mol. The molecule has 4 nitrogen and oxygen atoms in total. The lowest BCUT2D eigenvalue weighted by Gasteiger charge is -2.11. The van der Waals surface area contributed by atoms with E-state index >= 15 is 0 Å². The molecule has 0 spiro atoms. The van der Waals surface area contributed by atoms with Crippen molar-refractivity contribution in [2.45, 2.75) is 44.8 Å². The molecular formula is C21H23F3N2O2. The zero-order valence-electron chi connectivity index (χ0n) is 15.6. The summed E-state index contributed by atoms with van der Waals surface area (Å²) in [4.78, 5) is 16.6. The normalized spacial score (nSPS) is 18.6. The number of hydrogen-bond acceptors (Lipinski definition) is 3. The lowest BCUT2D eigenvalue weighted by Crippen LogP contribution is -2.25. The Bertz CT molecular complexity index is 806. The van der Waals surface area contributed by atoms with E-state index in [-0.39, 0.29) is 17.7 Å². The zero-order valence-corrected chi connectivity index (χ0v) is 15.6. The molecule has 1 fully saturated rings. The van der Waals surface area contributed by atoms with E-state index in [0.717, 1.165) is 36.1 Å². The Morgan fingerprint density at radius 3 is 2.68 bits per heavy atom. The fourth-order valence-corrected chi connectivity index (χ4v) is 3.09. The van der Waals surface area contributed by atoms with E-state index in [4.69, 9.17) is 4.74 Å². The van der Waals surface area contributed by atoms with Gasteiger partial charge in [0, 0.05) is 24.2 Å². The lowest BCUT2D eigenvalue weighted by molar-refractivity contribution is -0.137. The molecule has 1 aromatic heterocycles. The molecule has 1 saturated carbocycles. The maximum absolute atomic E-state index is 12.7. The van der Waals surface area contributed by atoms with E-state index in [2.05, 4.69) is 17.2 Å². The highest BCUT2D eigenvalue weighted by atomic mass is 19.4. The number of halogens is 3. The second-order valence-corrected chi connectivity index (χ2v) is 6.96. The third-order valence-electron chi connectivity index (χ3n) is 4.83. The molecule has 2 atom stereocenters. The molecule has 2 unspecified atom stereocenters. The van der Waals surface area contributed by atoms with Crippen LogP contribution in [0.2, 0.25) is 0 Å². The smallest absolute Gasteiger partial charge is 0.416 e. The number of amides is 1. The Kier molecular flexibility index (Phi) is 6.21. The Hall–Kier alpha value is -2.57.